The smallest absolute Gasteiger partial charge is 0.153 e. The van der Waals surface area contributed by atoms with Crippen LogP contribution in [0.15, 0.2) is 16.6 Å². The first-order chi connectivity index (χ1) is 7.58. The van der Waals surface area contributed by atoms with Crippen molar-refractivity contribution in [2.75, 3.05) is 6.61 Å². The van der Waals surface area contributed by atoms with Crippen molar-refractivity contribution in [2.45, 2.75) is 27.2 Å². The molecule has 1 aromatic rings. The number of aldehydes is 1. The molecule has 0 saturated heterocycles. The molecule has 0 atom stereocenters. The summed E-state index contributed by atoms with van der Waals surface area (Å²) in [5.41, 5.74) is 1.78. The Morgan fingerprint density at radius 1 is 1.44 bits per heavy atom. The van der Waals surface area contributed by atoms with Crippen LogP contribution in [0.2, 0.25) is 0 Å². The molecule has 0 N–H and O–H groups in total. The molecule has 16 heavy (non-hydrogen) atoms. The lowest BCUT2D eigenvalue weighted by Gasteiger charge is -2.12. The minimum absolute atomic E-state index is 0.558. The van der Waals surface area contributed by atoms with Crippen LogP contribution in [0.5, 0.6) is 5.75 Å². The van der Waals surface area contributed by atoms with Gasteiger partial charge in [0.2, 0.25) is 0 Å². The number of carbonyl (C=O) groups is 1. The van der Waals surface area contributed by atoms with Crippen molar-refractivity contribution in [2.24, 2.45) is 5.92 Å². The van der Waals surface area contributed by atoms with Crippen LogP contribution in [-0.4, -0.2) is 12.9 Å². The van der Waals surface area contributed by atoms with E-state index in [1.165, 1.54) is 0 Å². The van der Waals surface area contributed by atoms with Crippen LogP contribution in [0, 0.1) is 5.92 Å². The van der Waals surface area contributed by atoms with Gasteiger partial charge in [-0.2, -0.15) is 0 Å². The van der Waals surface area contributed by atoms with Crippen molar-refractivity contribution in [3.05, 3.63) is 27.7 Å². The highest BCUT2D eigenvalue weighted by molar-refractivity contribution is 9.10. The number of benzene rings is 1. The lowest BCUT2D eigenvalue weighted by Crippen LogP contribution is -2.00. The van der Waals surface area contributed by atoms with Crippen molar-refractivity contribution in [3.63, 3.8) is 0 Å². The van der Waals surface area contributed by atoms with E-state index in [1.807, 2.05) is 19.1 Å². The summed E-state index contributed by atoms with van der Waals surface area (Å²) in [6.07, 6.45) is 1.81. The van der Waals surface area contributed by atoms with Gasteiger partial charge in [-0.3, -0.25) is 4.79 Å². The highest BCUT2D eigenvalue weighted by atomic mass is 79.9. The van der Waals surface area contributed by atoms with Gasteiger partial charge in [-0.25, -0.2) is 0 Å². The average molecular weight is 285 g/mol. The standard InChI is InChI=1S/C13H17BrO2/c1-4-16-13-11(8-15)6-10(5-9(2)3)7-12(13)14/h6-9H,4-5H2,1-3H3. The number of hydrogen-bond donors (Lipinski definition) is 0. The first kappa shape index (κ1) is 13.2. The van der Waals surface area contributed by atoms with Gasteiger partial charge in [0.15, 0.2) is 6.29 Å². The minimum atomic E-state index is 0.558. The number of hydrogen-bond acceptors (Lipinski definition) is 2. The van der Waals surface area contributed by atoms with Gasteiger partial charge >= 0.3 is 0 Å². The van der Waals surface area contributed by atoms with E-state index in [9.17, 15) is 4.79 Å². The fourth-order valence-electron chi connectivity index (χ4n) is 1.65. The van der Waals surface area contributed by atoms with Crippen LogP contribution in [0.4, 0.5) is 0 Å². The highest BCUT2D eigenvalue weighted by Gasteiger charge is 2.10. The number of carbonyl (C=O) groups excluding carboxylic acids is 1. The summed E-state index contributed by atoms with van der Waals surface area (Å²) in [5, 5.41) is 0. The fraction of sp³-hybridized carbons (Fsp3) is 0.462. The van der Waals surface area contributed by atoms with Gasteiger partial charge in [-0.05, 0) is 52.9 Å². The summed E-state index contributed by atoms with van der Waals surface area (Å²) in [6, 6.07) is 3.93. The van der Waals surface area contributed by atoms with Crippen LogP contribution >= 0.6 is 15.9 Å². The molecule has 0 radical (unpaired) electrons. The van der Waals surface area contributed by atoms with Crippen LogP contribution in [0.1, 0.15) is 36.7 Å². The summed E-state index contributed by atoms with van der Waals surface area (Å²) < 4.78 is 6.30. The van der Waals surface area contributed by atoms with E-state index in [-0.39, 0.29) is 0 Å². The topological polar surface area (TPSA) is 26.3 Å². The molecule has 0 aliphatic rings. The highest BCUT2D eigenvalue weighted by Crippen LogP contribution is 2.30. The average Bonchev–Trinajstić information content (AvgIpc) is 2.20. The van der Waals surface area contributed by atoms with Crippen LogP contribution in [0.3, 0.4) is 0 Å². The fourth-order valence-corrected chi connectivity index (χ4v) is 2.28. The van der Waals surface area contributed by atoms with E-state index in [0.717, 1.165) is 22.7 Å². The zero-order valence-electron chi connectivity index (χ0n) is 9.92. The monoisotopic (exact) mass is 284 g/mol. The summed E-state index contributed by atoms with van der Waals surface area (Å²) in [6.45, 7) is 6.78. The summed E-state index contributed by atoms with van der Waals surface area (Å²) >= 11 is 3.45. The minimum Gasteiger partial charge on any atom is -0.492 e. The van der Waals surface area contributed by atoms with Crippen molar-refractivity contribution in [1.82, 2.24) is 0 Å². The Kier molecular flexibility index (Phi) is 5.00. The van der Waals surface area contributed by atoms with E-state index in [2.05, 4.69) is 29.8 Å². The largest absolute Gasteiger partial charge is 0.492 e. The van der Waals surface area contributed by atoms with E-state index in [1.54, 1.807) is 0 Å². The van der Waals surface area contributed by atoms with E-state index >= 15 is 0 Å². The molecule has 0 saturated carbocycles. The molecule has 1 aromatic carbocycles. The first-order valence-electron chi connectivity index (χ1n) is 5.48. The molecular formula is C13H17BrO2. The van der Waals surface area contributed by atoms with Crippen LogP contribution < -0.4 is 4.74 Å². The van der Waals surface area contributed by atoms with E-state index < -0.39 is 0 Å². The van der Waals surface area contributed by atoms with Crippen molar-refractivity contribution in [1.29, 1.82) is 0 Å². The Hall–Kier alpha value is -0.830. The van der Waals surface area contributed by atoms with Crippen molar-refractivity contribution >= 4 is 22.2 Å². The van der Waals surface area contributed by atoms with E-state index in [4.69, 9.17) is 4.74 Å². The molecule has 0 spiro atoms. The van der Waals surface area contributed by atoms with Crippen LogP contribution in [-0.2, 0) is 6.42 Å². The summed E-state index contributed by atoms with van der Waals surface area (Å²) in [4.78, 5) is 11.0. The third-order valence-corrected chi connectivity index (χ3v) is 2.78. The van der Waals surface area contributed by atoms with Gasteiger partial charge in [-0.1, -0.05) is 13.8 Å². The Morgan fingerprint density at radius 3 is 2.62 bits per heavy atom. The molecule has 88 valence electrons. The molecule has 0 unspecified atom stereocenters. The molecule has 0 fully saturated rings. The second kappa shape index (κ2) is 6.04. The molecule has 1 rings (SSSR count). The summed E-state index contributed by atoms with van der Waals surface area (Å²) in [5.74, 6) is 1.22. The van der Waals surface area contributed by atoms with Crippen molar-refractivity contribution in [3.8, 4) is 5.75 Å². The second-order valence-corrected chi connectivity index (χ2v) is 5.00. The molecule has 0 bridgehead atoms. The maximum Gasteiger partial charge on any atom is 0.153 e. The Labute approximate surface area is 105 Å². The van der Waals surface area contributed by atoms with Gasteiger partial charge < -0.3 is 4.74 Å². The quantitative estimate of drug-likeness (QED) is 0.768. The predicted octanol–water partition coefficient (Wildman–Crippen LogP) is 3.86. The molecular weight excluding hydrogens is 268 g/mol. The molecule has 2 nitrogen and oxygen atoms in total. The molecule has 0 aliphatic carbocycles. The predicted molar refractivity (Wildman–Crippen MR) is 69.2 cm³/mol. The van der Waals surface area contributed by atoms with Gasteiger partial charge in [-0.15, -0.1) is 0 Å². The third-order valence-electron chi connectivity index (χ3n) is 2.19. The second-order valence-electron chi connectivity index (χ2n) is 4.14. The maximum atomic E-state index is 11.0. The number of halogens is 1. The SMILES string of the molecule is CCOc1c(Br)cc(CC(C)C)cc1C=O. The van der Waals surface area contributed by atoms with Gasteiger partial charge in [0.1, 0.15) is 5.75 Å². The van der Waals surface area contributed by atoms with Gasteiger partial charge in [0, 0.05) is 0 Å². The Morgan fingerprint density at radius 2 is 2.12 bits per heavy atom. The zero-order valence-corrected chi connectivity index (χ0v) is 11.5. The van der Waals surface area contributed by atoms with Crippen molar-refractivity contribution < 1.29 is 9.53 Å². The third kappa shape index (κ3) is 3.34. The Balaban J connectivity index is 3.10. The molecule has 0 aliphatic heterocycles. The lowest BCUT2D eigenvalue weighted by molar-refractivity contribution is 0.111. The Bertz CT molecular complexity index is 372. The number of rotatable bonds is 5. The normalized spacial score (nSPS) is 10.6. The maximum absolute atomic E-state index is 11.0. The number of ether oxygens (including phenoxy) is 1. The molecule has 0 amide bonds. The zero-order chi connectivity index (χ0) is 12.1. The lowest BCUT2D eigenvalue weighted by atomic mass is 10.0. The summed E-state index contributed by atoms with van der Waals surface area (Å²) in [7, 11) is 0. The van der Waals surface area contributed by atoms with Gasteiger partial charge in [0.05, 0.1) is 16.6 Å². The molecule has 0 aromatic heterocycles. The molecule has 3 heteroatoms. The first-order valence-corrected chi connectivity index (χ1v) is 6.28. The van der Waals surface area contributed by atoms with Crippen LogP contribution in [0.25, 0.3) is 0 Å². The molecule has 0 heterocycles. The van der Waals surface area contributed by atoms with E-state index in [0.29, 0.717) is 23.8 Å². The van der Waals surface area contributed by atoms with Gasteiger partial charge in [0.25, 0.3) is 0 Å².